The predicted molar refractivity (Wildman–Crippen MR) is 64.0 cm³/mol. The third kappa shape index (κ3) is 2.71. The number of hydrogen-bond acceptors (Lipinski definition) is 4. The van der Waals surface area contributed by atoms with Crippen LogP contribution in [0.4, 0.5) is 5.69 Å². The Morgan fingerprint density at radius 3 is 3.25 bits per heavy atom. The second-order valence-corrected chi connectivity index (χ2v) is 4.21. The molecule has 88 valence electrons. The van der Waals surface area contributed by atoms with Crippen LogP contribution >= 0.6 is 0 Å². The molecular formula is C12H19N3O. The van der Waals surface area contributed by atoms with Gasteiger partial charge in [0.1, 0.15) is 0 Å². The van der Waals surface area contributed by atoms with Crippen molar-refractivity contribution < 1.29 is 4.74 Å². The van der Waals surface area contributed by atoms with E-state index in [1.165, 1.54) is 0 Å². The molecule has 0 aliphatic carbocycles. The molecule has 1 aromatic heterocycles. The van der Waals surface area contributed by atoms with Crippen LogP contribution in [-0.4, -0.2) is 35.7 Å². The first-order valence-corrected chi connectivity index (χ1v) is 5.82. The van der Waals surface area contributed by atoms with Gasteiger partial charge in [0.15, 0.2) is 0 Å². The van der Waals surface area contributed by atoms with Crippen LogP contribution in [0.3, 0.4) is 0 Å². The highest BCUT2D eigenvalue weighted by Gasteiger charge is 2.19. The van der Waals surface area contributed by atoms with Gasteiger partial charge in [-0.3, -0.25) is 9.88 Å². The van der Waals surface area contributed by atoms with Gasteiger partial charge in [0.05, 0.1) is 24.6 Å². The van der Waals surface area contributed by atoms with Gasteiger partial charge in [0, 0.05) is 25.8 Å². The van der Waals surface area contributed by atoms with Crippen molar-refractivity contribution in [1.29, 1.82) is 0 Å². The molecule has 1 unspecified atom stereocenters. The second-order valence-electron chi connectivity index (χ2n) is 4.21. The molecule has 0 spiro atoms. The number of nitrogens with zero attached hydrogens (tertiary/aromatic N) is 2. The summed E-state index contributed by atoms with van der Waals surface area (Å²) in [6.07, 6.45) is 4.95. The Kier molecular flexibility index (Phi) is 3.74. The van der Waals surface area contributed by atoms with E-state index in [0.717, 1.165) is 43.9 Å². The Morgan fingerprint density at radius 2 is 2.50 bits per heavy atom. The summed E-state index contributed by atoms with van der Waals surface area (Å²) in [6, 6.07) is 1.99. The molecule has 0 radical (unpaired) electrons. The zero-order valence-electron chi connectivity index (χ0n) is 9.72. The van der Waals surface area contributed by atoms with Crippen molar-refractivity contribution in [3.8, 4) is 0 Å². The average molecular weight is 221 g/mol. The normalized spacial score (nSPS) is 22.2. The van der Waals surface area contributed by atoms with Crippen molar-refractivity contribution in [3.63, 3.8) is 0 Å². The average Bonchev–Trinajstić information content (AvgIpc) is 2.32. The van der Waals surface area contributed by atoms with E-state index in [2.05, 4.69) is 16.8 Å². The molecule has 4 nitrogen and oxygen atoms in total. The van der Waals surface area contributed by atoms with E-state index < -0.39 is 0 Å². The quantitative estimate of drug-likeness (QED) is 0.835. The minimum absolute atomic E-state index is 0.372. The molecule has 1 atom stereocenters. The highest BCUT2D eigenvalue weighted by molar-refractivity contribution is 5.43. The number of nitrogen functional groups attached to an aromatic ring is 1. The Morgan fingerprint density at radius 1 is 1.62 bits per heavy atom. The number of anilines is 1. The van der Waals surface area contributed by atoms with E-state index in [1.807, 2.05) is 6.07 Å². The van der Waals surface area contributed by atoms with E-state index in [0.29, 0.717) is 6.10 Å². The van der Waals surface area contributed by atoms with Gasteiger partial charge in [-0.15, -0.1) is 0 Å². The standard InChI is InChI=1S/C12H19N3O/c1-2-11-9-15(5-6-16-11)8-10-3-4-14-7-12(10)13/h3-4,7,11H,2,5-6,8-9,13H2,1H3. The van der Waals surface area contributed by atoms with E-state index in [1.54, 1.807) is 12.4 Å². The first kappa shape index (κ1) is 11.4. The lowest BCUT2D eigenvalue weighted by molar-refractivity contribution is -0.0324. The number of nitrogens with two attached hydrogens (primary N) is 1. The number of hydrogen-bond donors (Lipinski definition) is 1. The monoisotopic (exact) mass is 221 g/mol. The Balaban J connectivity index is 1.97. The van der Waals surface area contributed by atoms with E-state index in [-0.39, 0.29) is 0 Å². The van der Waals surface area contributed by atoms with Crippen molar-refractivity contribution in [2.75, 3.05) is 25.4 Å². The van der Waals surface area contributed by atoms with Gasteiger partial charge in [-0.1, -0.05) is 6.92 Å². The smallest absolute Gasteiger partial charge is 0.0700 e. The summed E-state index contributed by atoms with van der Waals surface area (Å²) >= 11 is 0. The molecule has 1 saturated heterocycles. The molecule has 4 heteroatoms. The number of rotatable bonds is 3. The Labute approximate surface area is 96.4 Å². The summed E-state index contributed by atoms with van der Waals surface area (Å²) in [4.78, 5) is 6.39. The molecule has 2 heterocycles. The van der Waals surface area contributed by atoms with Crippen LogP contribution in [0.15, 0.2) is 18.5 Å². The second kappa shape index (κ2) is 5.27. The van der Waals surface area contributed by atoms with Crippen LogP contribution in [0, 0.1) is 0 Å². The van der Waals surface area contributed by atoms with Gasteiger partial charge in [0.2, 0.25) is 0 Å². The summed E-state index contributed by atoms with van der Waals surface area (Å²) in [5, 5.41) is 0. The fourth-order valence-electron chi connectivity index (χ4n) is 1.99. The lowest BCUT2D eigenvalue weighted by Crippen LogP contribution is -2.41. The van der Waals surface area contributed by atoms with Crippen LogP contribution in [0.25, 0.3) is 0 Å². The fraction of sp³-hybridized carbons (Fsp3) is 0.583. The third-order valence-corrected chi connectivity index (χ3v) is 3.02. The van der Waals surface area contributed by atoms with Gasteiger partial charge < -0.3 is 10.5 Å². The van der Waals surface area contributed by atoms with Crippen LogP contribution in [0.2, 0.25) is 0 Å². The lowest BCUT2D eigenvalue weighted by atomic mass is 10.1. The fourth-order valence-corrected chi connectivity index (χ4v) is 1.99. The minimum Gasteiger partial charge on any atom is -0.397 e. The molecule has 0 bridgehead atoms. The molecule has 0 saturated carbocycles. The topological polar surface area (TPSA) is 51.4 Å². The largest absolute Gasteiger partial charge is 0.397 e. The van der Waals surface area contributed by atoms with E-state index in [4.69, 9.17) is 10.5 Å². The van der Waals surface area contributed by atoms with Crippen LogP contribution in [-0.2, 0) is 11.3 Å². The van der Waals surface area contributed by atoms with Crippen LogP contribution in [0.5, 0.6) is 0 Å². The first-order chi connectivity index (χ1) is 7.79. The van der Waals surface area contributed by atoms with Gasteiger partial charge in [-0.25, -0.2) is 0 Å². The molecule has 1 aromatic rings. The molecule has 16 heavy (non-hydrogen) atoms. The van der Waals surface area contributed by atoms with Crippen molar-refractivity contribution in [2.24, 2.45) is 0 Å². The highest BCUT2D eigenvalue weighted by Crippen LogP contribution is 2.15. The van der Waals surface area contributed by atoms with Gasteiger partial charge >= 0.3 is 0 Å². The van der Waals surface area contributed by atoms with E-state index >= 15 is 0 Å². The maximum Gasteiger partial charge on any atom is 0.0700 e. The molecule has 0 aromatic carbocycles. The highest BCUT2D eigenvalue weighted by atomic mass is 16.5. The summed E-state index contributed by atoms with van der Waals surface area (Å²) in [5.74, 6) is 0. The minimum atomic E-state index is 0.372. The number of pyridine rings is 1. The third-order valence-electron chi connectivity index (χ3n) is 3.02. The van der Waals surface area contributed by atoms with Gasteiger partial charge in [-0.2, -0.15) is 0 Å². The zero-order valence-corrected chi connectivity index (χ0v) is 9.72. The lowest BCUT2D eigenvalue weighted by Gasteiger charge is -2.32. The molecule has 1 aliphatic heterocycles. The summed E-state index contributed by atoms with van der Waals surface area (Å²) in [6.45, 7) is 5.86. The maximum atomic E-state index is 5.88. The molecule has 1 aliphatic rings. The number of morpholine rings is 1. The van der Waals surface area contributed by atoms with Crippen molar-refractivity contribution in [2.45, 2.75) is 26.0 Å². The summed E-state index contributed by atoms with van der Waals surface area (Å²) in [5.41, 5.74) is 7.82. The molecule has 2 rings (SSSR count). The Bertz CT molecular complexity index is 343. The van der Waals surface area contributed by atoms with Gasteiger partial charge in [-0.05, 0) is 18.1 Å². The Hall–Kier alpha value is -1.13. The molecular weight excluding hydrogens is 202 g/mol. The van der Waals surface area contributed by atoms with Gasteiger partial charge in [0.25, 0.3) is 0 Å². The maximum absolute atomic E-state index is 5.88. The van der Waals surface area contributed by atoms with E-state index in [9.17, 15) is 0 Å². The molecule has 1 fully saturated rings. The first-order valence-electron chi connectivity index (χ1n) is 5.82. The SMILES string of the molecule is CCC1CN(Cc2ccncc2N)CCO1. The molecule has 0 amide bonds. The molecule has 2 N–H and O–H groups in total. The summed E-state index contributed by atoms with van der Waals surface area (Å²) in [7, 11) is 0. The van der Waals surface area contributed by atoms with Crippen molar-refractivity contribution in [3.05, 3.63) is 24.0 Å². The summed E-state index contributed by atoms with van der Waals surface area (Å²) < 4.78 is 5.64. The van der Waals surface area contributed by atoms with Crippen LogP contribution < -0.4 is 5.73 Å². The predicted octanol–water partition coefficient (Wildman–Crippen LogP) is 1.27. The number of aromatic nitrogens is 1. The van der Waals surface area contributed by atoms with Crippen molar-refractivity contribution in [1.82, 2.24) is 9.88 Å². The van der Waals surface area contributed by atoms with Crippen molar-refractivity contribution >= 4 is 5.69 Å². The zero-order chi connectivity index (χ0) is 11.4. The van der Waals surface area contributed by atoms with Crippen LogP contribution in [0.1, 0.15) is 18.9 Å². The number of ether oxygens (including phenoxy) is 1.